The van der Waals surface area contributed by atoms with E-state index in [1.54, 1.807) is 6.21 Å². The van der Waals surface area contributed by atoms with Crippen LogP contribution in [0, 0.1) is 11.8 Å². The van der Waals surface area contributed by atoms with Gasteiger partial charge in [-0.2, -0.15) is 10.2 Å². The molecule has 1 saturated carbocycles. The summed E-state index contributed by atoms with van der Waals surface area (Å²) in [5.74, 6) is 0.937. The normalized spacial score (nSPS) is 20.2. The molecular formula is C25H29F3N2O. The van der Waals surface area contributed by atoms with E-state index in [4.69, 9.17) is 0 Å². The number of halogens is 3. The van der Waals surface area contributed by atoms with Crippen molar-refractivity contribution in [3.8, 4) is 5.75 Å². The summed E-state index contributed by atoms with van der Waals surface area (Å²) in [6.07, 6.45) is 5.39. The molecule has 0 heterocycles. The molecule has 6 heteroatoms. The molecule has 0 N–H and O–H groups in total. The van der Waals surface area contributed by atoms with E-state index in [-0.39, 0.29) is 5.75 Å². The Morgan fingerprint density at radius 3 is 2.29 bits per heavy atom. The molecule has 0 bridgehead atoms. The molecule has 0 aliphatic heterocycles. The number of rotatable bonds is 8. The molecule has 166 valence electrons. The van der Waals surface area contributed by atoms with E-state index in [2.05, 4.69) is 34.0 Å². The van der Waals surface area contributed by atoms with E-state index in [1.165, 1.54) is 56.4 Å². The predicted octanol–water partition coefficient (Wildman–Crippen LogP) is 7.41. The summed E-state index contributed by atoms with van der Waals surface area (Å²) in [6, 6.07) is 15.7. The molecule has 0 unspecified atom stereocenters. The van der Waals surface area contributed by atoms with Gasteiger partial charge in [-0.25, -0.2) is 0 Å². The number of hydrogen-bond acceptors (Lipinski definition) is 3. The predicted molar refractivity (Wildman–Crippen MR) is 119 cm³/mol. The van der Waals surface area contributed by atoms with Gasteiger partial charge < -0.3 is 4.74 Å². The molecule has 0 atom stereocenters. The Balaban J connectivity index is 1.70. The van der Waals surface area contributed by atoms with Crippen molar-refractivity contribution in [3.63, 3.8) is 0 Å². The van der Waals surface area contributed by atoms with Gasteiger partial charge in [-0.1, -0.05) is 56.5 Å². The van der Waals surface area contributed by atoms with Crippen molar-refractivity contribution in [1.29, 1.82) is 0 Å². The largest absolute Gasteiger partial charge is 0.573 e. The first-order valence-electron chi connectivity index (χ1n) is 11.0. The van der Waals surface area contributed by atoms with Gasteiger partial charge in [0, 0.05) is 5.92 Å². The summed E-state index contributed by atoms with van der Waals surface area (Å²) in [5, 5.41) is 8.82. The molecule has 0 spiro atoms. The number of ether oxygens (including phenoxy) is 1. The molecule has 0 radical (unpaired) electrons. The van der Waals surface area contributed by atoms with Gasteiger partial charge in [-0.15, -0.1) is 13.2 Å². The van der Waals surface area contributed by atoms with Gasteiger partial charge in [-0.05, 0) is 67.0 Å². The molecule has 2 aromatic rings. The second-order valence-corrected chi connectivity index (χ2v) is 8.07. The lowest BCUT2D eigenvalue weighted by Gasteiger charge is -2.29. The second-order valence-electron chi connectivity index (χ2n) is 8.07. The van der Waals surface area contributed by atoms with E-state index < -0.39 is 6.36 Å². The smallest absolute Gasteiger partial charge is 0.406 e. The molecule has 0 saturated heterocycles. The first-order valence-corrected chi connectivity index (χ1v) is 11.0. The van der Waals surface area contributed by atoms with Crippen LogP contribution in [0.3, 0.4) is 0 Å². The van der Waals surface area contributed by atoms with E-state index >= 15 is 0 Å². The number of unbranched alkanes of at least 4 members (excludes halogenated alkanes) is 1. The monoisotopic (exact) mass is 430 g/mol. The van der Waals surface area contributed by atoms with Gasteiger partial charge in [-0.3, -0.25) is 0 Å². The van der Waals surface area contributed by atoms with Crippen LogP contribution in [0.1, 0.15) is 63.0 Å². The summed E-state index contributed by atoms with van der Waals surface area (Å²) in [4.78, 5) is 0. The number of hydrogen-bond donors (Lipinski definition) is 0. The van der Waals surface area contributed by atoms with E-state index in [0.717, 1.165) is 30.0 Å². The first-order chi connectivity index (χ1) is 14.9. The van der Waals surface area contributed by atoms with Crippen LogP contribution < -0.4 is 4.74 Å². The zero-order valence-corrected chi connectivity index (χ0v) is 17.8. The van der Waals surface area contributed by atoms with Crippen molar-refractivity contribution in [3.05, 3.63) is 65.7 Å². The number of alkyl halides is 3. The van der Waals surface area contributed by atoms with Crippen LogP contribution in [0.15, 0.2) is 64.8 Å². The minimum Gasteiger partial charge on any atom is -0.406 e. The lowest BCUT2D eigenvalue weighted by atomic mass is 9.76. The Morgan fingerprint density at radius 1 is 1.00 bits per heavy atom. The molecule has 1 fully saturated rings. The standard InChI is InChI=1S/C25H29F3N2O/c1-2-3-7-19-10-14-22(15-11-19)24(21-8-5-4-6-9-21)30-29-18-20-12-16-23(17-13-20)31-25(26,27)28/h4-6,8-9,12-13,16-19,22H,2-3,7,10-11,14-15H2,1H3. The SMILES string of the molecule is CCCCC1CCC(C(=NN=Cc2ccc(OC(F)(F)F)cc2)c2ccccc2)CC1. The van der Waals surface area contributed by atoms with Crippen LogP contribution in [-0.4, -0.2) is 18.3 Å². The van der Waals surface area contributed by atoms with Crippen LogP contribution in [0.2, 0.25) is 0 Å². The fraction of sp³-hybridized carbons (Fsp3) is 0.440. The number of nitrogens with zero attached hydrogens (tertiary/aromatic N) is 2. The third-order valence-electron chi connectivity index (χ3n) is 5.75. The highest BCUT2D eigenvalue weighted by molar-refractivity contribution is 6.02. The van der Waals surface area contributed by atoms with Gasteiger partial charge in [0.2, 0.25) is 0 Å². The van der Waals surface area contributed by atoms with Crippen molar-refractivity contribution in [2.24, 2.45) is 22.0 Å². The van der Waals surface area contributed by atoms with Crippen LogP contribution in [-0.2, 0) is 0 Å². The molecule has 1 aliphatic rings. The fourth-order valence-corrected chi connectivity index (χ4v) is 4.11. The average molecular weight is 431 g/mol. The average Bonchev–Trinajstić information content (AvgIpc) is 2.76. The van der Waals surface area contributed by atoms with E-state index in [1.807, 2.05) is 18.2 Å². The van der Waals surface area contributed by atoms with E-state index in [0.29, 0.717) is 11.5 Å². The highest BCUT2D eigenvalue weighted by atomic mass is 19.4. The fourth-order valence-electron chi connectivity index (χ4n) is 4.11. The summed E-state index contributed by atoms with van der Waals surface area (Å²) < 4.78 is 40.8. The maximum absolute atomic E-state index is 12.3. The van der Waals surface area contributed by atoms with Crippen LogP contribution in [0.25, 0.3) is 0 Å². The lowest BCUT2D eigenvalue weighted by Crippen LogP contribution is -2.22. The lowest BCUT2D eigenvalue weighted by molar-refractivity contribution is -0.274. The summed E-state index contributed by atoms with van der Waals surface area (Å²) >= 11 is 0. The molecule has 2 aromatic carbocycles. The summed E-state index contributed by atoms with van der Waals surface area (Å²) in [7, 11) is 0. The minimum atomic E-state index is -4.69. The van der Waals surface area contributed by atoms with Crippen molar-refractivity contribution >= 4 is 11.9 Å². The maximum atomic E-state index is 12.3. The van der Waals surface area contributed by atoms with Gasteiger partial charge in [0.15, 0.2) is 0 Å². The Kier molecular flexibility index (Phi) is 8.27. The molecule has 3 rings (SSSR count). The molecule has 0 amide bonds. The first kappa shape index (κ1) is 23.0. The zero-order chi connectivity index (χ0) is 22.1. The van der Waals surface area contributed by atoms with Gasteiger partial charge in [0.25, 0.3) is 0 Å². The molecule has 1 aliphatic carbocycles. The summed E-state index contributed by atoms with van der Waals surface area (Å²) in [6.45, 7) is 2.24. The van der Waals surface area contributed by atoms with Crippen molar-refractivity contribution < 1.29 is 17.9 Å². The minimum absolute atomic E-state index is 0.252. The van der Waals surface area contributed by atoms with Crippen molar-refractivity contribution in [2.75, 3.05) is 0 Å². The number of benzene rings is 2. The van der Waals surface area contributed by atoms with Crippen LogP contribution in [0.4, 0.5) is 13.2 Å². The zero-order valence-electron chi connectivity index (χ0n) is 17.8. The highest BCUT2D eigenvalue weighted by Crippen LogP contribution is 2.34. The highest BCUT2D eigenvalue weighted by Gasteiger charge is 2.31. The Labute approximate surface area is 182 Å². The van der Waals surface area contributed by atoms with E-state index in [9.17, 15) is 13.2 Å². The molecular weight excluding hydrogens is 401 g/mol. The van der Waals surface area contributed by atoms with Crippen LogP contribution >= 0.6 is 0 Å². The third kappa shape index (κ3) is 7.53. The topological polar surface area (TPSA) is 34.0 Å². The molecule has 0 aromatic heterocycles. The Hall–Kier alpha value is -2.63. The molecule has 3 nitrogen and oxygen atoms in total. The Bertz CT molecular complexity index is 853. The molecule has 31 heavy (non-hydrogen) atoms. The third-order valence-corrected chi connectivity index (χ3v) is 5.75. The Morgan fingerprint density at radius 2 is 1.68 bits per heavy atom. The van der Waals surface area contributed by atoms with Crippen LogP contribution in [0.5, 0.6) is 5.75 Å². The van der Waals surface area contributed by atoms with Gasteiger partial charge in [0.05, 0.1) is 11.9 Å². The van der Waals surface area contributed by atoms with Crippen molar-refractivity contribution in [2.45, 2.75) is 58.2 Å². The maximum Gasteiger partial charge on any atom is 0.573 e. The quantitative estimate of drug-likeness (QED) is 0.317. The summed E-state index contributed by atoms with van der Waals surface area (Å²) in [5.41, 5.74) is 2.72. The second kappa shape index (κ2) is 11.1. The van der Waals surface area contributed by atoms with Crippen molar-refractivity contribution in [1.82, 2.24) is 0 Å². The van der Waals surface area contributed by atoms with Gasteiger partial charge >= 0.3 is 6.36 Å². The van der Waals surface area contributed by atoms with Gasteiger partial charge in [0.1, 0.15) is 5.75 Å².